The maximum absolute atomic E-state index is 12.0. The third kappa shape index (κ3) is 3.46. The molecule has 0 bridgehead atoms. The smallest absolute Gasteiger partial charge is 0.342 e. The molecule has 1 heterocycles. The predicted molar refractivity (Wildman–Crippen MR) is 76.6 cm³/mol. The van der Waals surface area contributed by atoms with Crippen LogP contribution in [0.4, 0.5) is 0 Å². The fourth-order valence-corrected chi connectivity index (χ4v) is 1.87. The Morgan fingerprint density at radius 1 is 1.14 bits per heavy atom. The molecule has 116 valence electrons. The van der Waals surface area contributed by atoms with Crippen LogP contribution in [0.2, 0.25) is 0 Å². The van der Waals surface area contributed by atoms with Crippen molar-refractivity contribution in [3.63, 3.8) is 0 Å². The Bertz CT molecular complexity index is 686. The number of carbonyl (C=O) groups is 2. The standard InChI is InChI=1S/C16H16O6/c1-3-20-15(18)11-6-7-21-14(11)9-22-16(19)12-8-10(2)4-5-13(12)17/h4-8,17H,3,9H2,1-2H3. The van der Waals surface area contributed by atoms with Crippen molar-refractivity contribution in [1.82, 2.24) is 0 Å². The van der Waals surface area contributed by atoms with Crippen LogP contribution < -0.4 is 0 Å². The first kappa shape index (κ1) is 15.6. The summed E-state index contributed by atoms with van der Waals surface area (Å²) in [6, 6.07) is 6.07. The first-order valence-electron chi connectivity index (χ1n) is 6.73. The van der Waals surface area contributed by atoms with Crippen LogP contribution in [0.3, 0.4) is 0 Å². The van der Waals surface area contributed by atoms with Crippen molar-refractivity contribution in [2.24, 2.45) is 0 Å². The lowest BCUT2D eigenvalue weighted by atomic mass is 10.1. The van der Waals surface area contributed by atoms with E-state index in [4.69, 9.17) is 13.9 Å². The molecule has 0 atom stereocenters. The average molecular weight is 304 g/mol. The fourth-order valence-electron chi connectivity index (χ4n) is 1.87. The molecule has 2 rings (SSSR count). The number of hydrogen-bond acceptors (Lipinski definition) is 6. The summed E-state index contributed by atoms with van der Waals surface area (Å²) in [7, 11) is 0. The van der Waals surface area contributed by atoms with Gasteiger partial charge in [0.2, 0.25) is 0 Å². The van der Waals surface area contributed by atoms with Crippen molar-refractivity contribution in [2.45, 2.75) is 20.5 Å². The number of rotatable bonds is 5. The number of aromatic hydroxyl groups is 1. The fraction of sp³-hybridized carbons (Fsp3) is 0.250. The summed E-state index contributed by atoms with van der Waals surface area (Å²) >= 11 is 0. The Morgan fingerprint density at radius 2 is 1.86 bits per heavy atom. The quantitative estimate of drug-likeness (QED) is 0.855. The number of esters is 2. The van der Waals surface area contributed by atoms with E-state index in [1.807, 2.05) is 0 Å². The van der Waals surface area contributed by atoms with Gasteiger partial charge in [0.05, 0.1) is 12.9 Å². The van der Waals surface area contributed by atoms with Gasteiger partial charge < -0.3 is 19.0 Å². The highest BCUT2D eigenvalue weighted by molar-refractivity contribution is 5.93. The molecule has 0 aliphatic carbocycles. The Kier molecular flexibility index (Phi) is 4.83. The third-order valence-electron chi connectivity index (χ3n) is 2.95. The van der Waals surface area contributed by atoms with Gasteiger partial charge in [-0.2, -0.15) is 0 Å². The molecule has 0 radical (unpaired) electrons. The maximum Gasteiger partial charge on any atom is 0.342 e. The van der Waals surface area contributed by atoms with Gasteiger partial charge in [-0.05, 0) is 32.0 Å². The highest BCUT2D eigenvalue weighted by Gasteiger charge is 2.19. The highest BCUT2D eigenvalue weighted by Crippen LogP contribution is 2.20. The lowest BCUT2D eigenvalue weighted by Gasteiger charge is -2.07. The number of hydrogen-bond donors (Lipinski definition) is 1. The van der Waals surface area contributed by atoms with Crippen molar-refractivity contribution in [3.05, 3.63) is 53.0 Å². The number of benzene rings is 1. The van der Waals surface area contributed by atoms with E-state index in [1.165, 1.54) is 24.5 Å². The van der Waals surface area contributed by atoms with Crippen LogP contribution >= 0.6 is 0 Å². The predicted octanol–water partition coefficient (Wildman–Crippen LogP) is 2.83. The number of carbonyl (C=O) groups excluding carboxylic acids is 2. The third-order valence-corrected chi connectivity index (χ3v) is 2.95. The number of aryl methyl sites for hydroxylation is 1. The van der Waals surface area contributed by atoms with E-state index in [9.17, 15) is 14.7 Å². The first-order chi connectivity index (χ1) is 10.5. The van der Waals surface area contributed by atoms with Gasteiger partial charge in [0.1, 0.15) is 16.9 Å². The van der Waals surface area contributed by atoms with E-state index in [1.54, 1.807) is 19.9 Å². The molecule has 0 saturated heterocycles. The van der Waals surface area contributed by atoms with E-state index < -0.39 is 11.9 Å². The van der Waals surface area contributed by atoms with Gasteiger partial charge in [0.25, 0.3) is 0 Å². The van der Waals surface area contributed by atoms with E-state index in [2.05, 4.69) is 0 Å². The Balaban J connectivity index is 2.07. The van der Waals surface area contributed by atoms with E-state index in [0.29, 0.717) is 0 Å². The molecule has 0 unspecified atom stereocenters. The molecular weight excluding hydrogens is 288 g/mol. The van der Waals surface area contributed by atoms with E-state index in [0.717, 1.165) is 5.56 Å². The molecule has 0 aliphatic heterocycles. The summed E-state index contributed by atoms with van der Waals surface area (Å²) in [6.07, 6.45) is 1.32. The lowest BCUT2D eigenvalue weighted by Crippen LogP contribution is -2.10. The number of phenolic OH excluding ortho intramolecular Hbond substituents is 1. The highest BCUT2D eigenvalue weighted by atomic mass is 16.5. The second-order valence-corrected chi connectivity index (χ2v) is 4.57. The summed E-state index contributed by atoms with van der Waals surface area (Å²) in [5.74, 6) is -1.22. The van der Waals surface area contributed by atoms with Gasteiger partial charge >= 0.3 is 11.9 Å². The van der Waals surface area contributed by atoms with Crippen LogP contribution in [-0.4, -0.2) is 23.7 Å². The van der Waals surface area contributed by atoms with Crippen LogP contribution in [0.5, 0.6) is 5.75 Å². The largest absolute Gasteiger partial charge is 0.507 e. The molecule has 1 N–H and O–H groups in total. The molecule has 1 aromatic carbocycles. The molecule has 6 nitrogen and oxygen atoms in total. The van der Waals surface area contributed by atoms with Crippen LogP contribution in [0, 0.1) is 6.92 Å². The lowest BCUT2D eigenvalue weighted by molar-refractivity contribution is 0.0420. The molecule has 2 aromatic rings. The van der Waals surface area contributed by atoms with Crippen molar-refractivity contribution >= 4 is 11.9 Å². The second kappa shape index (κ2) is 6.80. The monoisotopic (exact) mass is 304 g/mol. The molecule has 0 fully saturated rings. The van der Waals surface area contributed by atoms with Gasteiger partial charge in [-0.15, -0.1) is 0 Å². The Labute approximate surface area is 127 Å². The van der Waals surface area contributed by atoms with Crippen LogP contribution in [0.15, 0.2) is 34.9 Å². The van der Waals surface area contributed by atoms with Gasteiger partial charge in [-0.1, -0.05) is 11.6 Å². The van der Waals surface area contributed by atoms with Crippen LogP contribution in [0.25, 0.3) is 0 Å². The number of furan rings is 1. The number of phenols is 1. The van der Waals surface area contributed by atoms with Crippen molar-refractivity contribution in [2.75, 3.05) is 6.61 Å². The average Bonchev–Trinajstić information content (AvgIpc) is 2.96. The zero-order chi connectivity index (χ0) is 16.1. The molecule has 1 aromatic heterocycles. The zero-order valence-corrected chi connectivity index (χ0v) is 12.3. The summed E-state index contributed by atoms with van der Waals surface area (Å²) in [6.45, 7) is 3.49. The Morgan fingerprint density at radius 3 is 2.59 bits per heavy atom. The second-order valence-electron chi connectivity index (χ2n) is 4.57. The minimum Gasteiger partial charge on any atom is -0.507 e. The molecule has 22 heavy (non-hydrogen) atoms. The number of ether oxygens (including phenoxy) is 2. The molecule has 0 aliphatic rings. The molecule has 0 saturated carbocycles. The molecule has 6 heteroatoms. The minimum absolute atomic E-state index is 0.0595. The normalized spacial score (nSPS) is 10.3. The summed E-state index contributed by atoms with van der Waals surface area (Å²) in [5.41, 5.74) is 1.09. The van der Waals surface area contributed by atoms with Crippen molar-refractivity contribution in [1.29, 1.82) is 0 Å². The van der Waals surface area contributed by atoms with E-state index in [-0.39, 0.29) is 35.9 Å². The molecular formula is C16H16O6. The summed E-state index contributed by atoms with van der Waals surface area (Å²) in [4.78, 5) is 23.7. The van der Waals surface area contributed by atoms with Crippen LogP contribution in [0.1, 0.15) is 39.0 Å². The summed E-state index contributed by atoms with van der Waals surface area (Å²) < 4.78 is 15.1. The zero-order valence-electron chi connectivity index (χ0n) is 12.3. The van der Waals surface area contributed by atoms with Crippen molar-refractivity contribution < 1.29 is 28.6 Å². The summed E-state index contributed by atoms with van der Waals surface area (Å²) in [5, 5.41) is 9.68. The molecule has 0 spiro atoms. The van der Waals surface area contributed by atoms with Gasteiger partial charge in [-0.3, -0.25) is 0 Å². The van der Waals surface area contributed by atoms with Crippen LogP contribution in [-0.2, 0) is 16.1 Å². The van der Waals surface area contributed by atoms with Gasteiger partial charge in [0.15, 0.2) is 12.4 Å². The minimum atomic E-state index is -0.701. The van der Waals surface area contributed by atoms with Gasteiger partial charge in [0, 0.05) is 0 Å². The molecule has 0 amide bonds. The Hall–Kier alpha value is -2.76. The topological polar surface area (TPSA) is 86.0 Å². The SMILES string of the molecule is CCOC(=O)c1ccoc1COC(=O)c1cc(C)ccc1O. The van der Waals surface area contributed by atoms with Gasteiger partial charge in [-0.25, -0.2) is 9.59 Å². The van der Waals surface area contributed by atoms with Crippen molar-refractivity contribution in [3.8, 4) is 5.75 Å². The first-order valence-corrected chi connectivity index (χ1v) is 6.73. The maximum atomic E-state index is 12.0. The van der Waals surface area contributed by atoms with E-state index >= 15 is 0 Å².